The van der Waals surface area contributed by atoms with Crippen molar-refractivity contribution >= 4 is 17.9 Å². The van der Waals surface area contributed by atoms with Gasteiger partial charge >= 0.3 is 17.9 Å². The van der Waals surface area contributed by atoms with E-state index in [4.69, 9.17) is 14.2 Å². The maximum Gasteiger partial charge on any atom is 0.306 e. The lowest BCUT2D eigenvalue weighted by molar-refractivity contribution is -0.167. The molecule has 0 radical (unpaired) electrons. The molecule has 0 saturated carbocycles. The smallest absolute Gasteiger partial charge is 0.306 e. The average molecular weight is 867 g/mol. The van der Waals surface area contributed by atoms with E-state index < -0.39 is 6.10 Å². The van der Waals surface area contributed by atoms with Crippen LogP contribution in [0.1, 0.15) is 258 Å². The van der Waals surface area contributed by atoms with Crippen molar-refractivity contribution < 1.29 is 28.6 Å². The molecule has 0 amide bonds. The lowest BCUT2D eigenvalue weighted by atomic mass is 10.0. The van der Waals surface area contributed by atoms with Gasteiger partial charge in [0.25, 0.3) is 0 Å². The van der Waals surface area contributed by atoms with Gasteiger partial charge in [0.2, 0.25) is 0 Å². The fourth-order valence-corrected chi connectivity index (χ4v) is 7.24. The third-order valence-corrected chi connectivity index (χ3v) is 11.2. The molecule has 0 unspecified atom stereocenters. The number of ether oxygens (including phenoxy) is 3. The van der Waals surface area contributed by atoms with E-state index in [1.54, 1.807) is 0 Å². The summed E-state index contributed by atoms with van der Waals surface area (Å²) in [6.07, 6.45) is 62.1. The van der Waals surface area contributed by atoms with Crippen molar-refractivity contribution in [1.82, 2.24) is 0 Å². The van der Waals surface area contributed by atoms with E-state index in [0.29, 0.717) is 19.3 Å². The maximum atomic E-state index is 12.8. The van der Waals surface area contributed by atoms with E-state index in [9.17, 15) is 14.4 Å². The Morgan fingerprint density at radius 3 is 1.06 bits per heavy atom. The zero-order chi connectivity index (χ0) is 45.1. The van der Waals surface area contributed by atoms with Gasteiger partial charge in [0.15, 0.2) is 6.10 Å². The van der Waals surface area contributed by atoms with E-state index in [1.807, 2.05) is 0 Å². The topological polar surface area (TPSA) is 78.9 Å². The average Bonchev–Trinajstić information content (AvgIpc) is 3.27. The third kappa shape index (κ3) is 48.1. The Kier molecular flexibility index (Phi) is 48.4. The van der Waals surface area contributed by atoms with E-state index in [2.05, 4.69) is 81.5 Å². The summed E-state index contributed by atoms with van der Waals surface area (Å²) >= 11 is 0. The predicted octanol–water partition coefficient (Wildman–Crippen LogP) is 17.3. The first-order chi connectivity index (χ1) is 30.5. The molecule has 0 aliphatic rings. The molecule has 0 N–H and O–H groups in total. The number of allylic oxidation sites excluding steroid dienone is 10. The second-order valence-electron chi connectivity index (χ2n) is 17.4. The predicted molar refractivity (Wildman–Crippen MR) is 265 cm³/mol. The molecule has 358 valence electrons. The summed E-state index contributed by atoms with van der Waals surface area (Å²) in [5, 5.41) is 0. The highest BCUT2D eigenvalue weighted by Gasteiger charge is 2.19. The number of rotatable bonds is 47. The Hall–Kier alpha value is -2.89. The highest BCUT2D eigenvalue weighted by molar-refractivity contribution is 5.71. The second-order valence-corrected chi connectivity index (χ2v) is 17.4. The number of carbonyl (C=O) groups is 3. The summed E-state index contributed by atoms with van der Waals surface area (Å²) < 4.78 is 16.7. The van der Waals surface area contributed by atoms with Crippen LogP contribution in [0, 0.1) is 0 Å². The van der Waals surface area contributed by atoms with Crippen LogP contribution in [-0.2, 0) is 28.6 Å². The Labute approximate surface area is 383 Å². The molecular formula is C56H98O6. The van der Waals surface area contributed by atoms with Gasteiger partial charge in [-0.05, 0) is 77.0 Å². The van der Waals surface area contributed by atoms with Crippen molar-refractivity contribution in [1.29, 1.82) is 0 Å². The van der Waals surface area contributed by atoms with Crippen LogP contribution >= 0.6 is 0 Å². The first-order valence-electron chi connectivity index (χ1n) is 26.3. The monoisotopic (exact) mass is 867 g/mol. The van der Waals surface area contributed by atoms with Crippen molar-refractivity contribution in [2.45, 2.75) is 264 Å². The lowest BCUT2D eigenvalue weighted by Crippen LogP contribution is -2.30. The summed E-state index contributed by atoms with van der Waals surface area (Å²) in [7, 11) is 0. The molecule has 0 fully saturated rings. The highest BCUT2D eigenvalue weighted by Crippen LogP contribution is 2.15. The Bertz CT molecular complexity index is 1130. The molecular weight excluding hydrogens is 769 g/mol. The maximum absolute atomic E-state index is 12.8. The van der Waals surface area contributed by atoms with Crippen LogP contribution in [0.15, 0.2) is 60.8 Å². The molecule has 1 atom stereocenters. The van der Waals surface area contributed by atoms with Crippen LogP contribution in [0.2, 0.25) is 0 Å². The minimum absolute atomic E-state index is 0.0939. The van der Waals surface area contributed by atoms with E-state index in [-0.39, 0.29) is 37.5 Å². The van der Waals surface area contributed by atoms with Gasteiger partial charge in [-0.2, -0.15) is 0 Å². The molecule has 0 aliphatic heterocycles. The number of hydrogen-bond donors (Lipinski definition) is 0. The molecule has 0 heterocycles. The molecule has 0 aromatic carbocycles. The third-order valence-electron chi connectivity index (χ3n) is 11.2. The van der Waals surface area contributed by atoms with Gasteiger partial charge in [-0.25, -0.2) is 0 Å². The molecule has 6 heteroatoms. The van der Waals surface area contributed by atoms with Crippen LogP contribution in [0.3, 0.4) is 0 Å². The Balaban J connectivity index is 4.43. The standard InChI is InChI=1S/C56H98O6/c1-4-7-10-13-16-19-22-24-26-28-30-31-34-37-40-43-46-49-55(58)61-52-53(51-60-54(57)48-45-42-39-36-33-21-18-15-12-9-6-3)62-56(59)50-47-44-41-38-35-32-29-27-25-23-20-17-14-11-8-5-2/h15-16,18-19,24,26,30-31,37,40,53H,4-14,17,20-23,25,27-29,32-36,38-39,41-52H2,1-3H3/b18-15-,19-16-,26-24-,31-30-,40-37-/t53-/m1/s1. The van der Waals surface area contributed by atoms with Gasteiger partial charge in [0.05, 0.1) is 0 Å². The number of hydrogen-bond acceptors (Lipinski definition) is 6. The van der Waals surface area contributed by atoms with Crippen molar-refractivity contribution in [3.05, 3.63) is 60.8 Å². The molecule has 0 rings (SSSR count). The van der Waals surface area contributed by atoms with E-state index >= 15 is 0 Å². The van der Waals surface area contributed by atoms with Crippen molar-refractivity contribution in [3.8, 4) is 0 Å². The number of unbranched alkanes of at least 4 members (excludes halogenated alkanes) is 26. The molecule has 0 aromatic rings. The van der Waals surface area contributed by atoms with Gasteiger partial charge in [-0.3, -0.25) is 14.4 Å². The number of esters is 3. The Morgan fingerprint density at radius 2 is 0.613 bits per heavy atom. The lowest BCUT2D eigenvalue weighted by Gasteiger charge is -2.18. The first-order valence-corrected chi connectivity index (χ1v) is 26.3. The van der Waals surface area contributed by atoms with Gasteiger partial charge < -0.3 is 14.2 Å². The van der Waals surface area contributed by atoms with Crippen LogP contribution < -0.4 is 0 Å². The molecule has 0 aliphatic carbocycles. The van der Waals surface area contributed by atoms with Gasteiger partial charge in [-0.1, -0.05) is 223 Å². The first kappa shape index (κ1) is 59.1. The van der Waals surface area contributed by atoms with Gasteiger partial charge in [-0.15, -0.1) is 0 Å². The fourth-order valence-electron chi connectivity index (χ4n) is 7.24. The zero-order valence-electron chi connectivity index (χ0n) is 40.9. The summed E-state index contributed by atoms with van der Waals surface area (Å²) in [5.74, 6) is -0.955. The second kappa shape index (κ2) is 50.8. The summed E-state index contributed by atoms with van der Waals surface area (Å²) in [4.78, 5) is 37.9. The summed E-state index contributed by atoms with van der Waals surface area (Å²) in [5.41, 5.74) is 0. The minimum atomic E-state index is -0.796. The molecule has 0 spiro atoms. The van der Waals surface area contributed by atoms with Crippen LogP contribution in [0.25, 0.3) is 0 Å². The quantitative estimate of drug-likeness (QED) is 0.0262. The van der Waals surface area contributed by atoms with Gasteiger partial charge in [0, 0.05) is 19.3 Å². The fraction of sp³-hybridized carbons (Fsp3) is 0.768. The number of carbonyl (C=O) groups excluding carboxylic acids is 3. The normalized spacial score (nSPS) is 12.5. The molecule has 62 heavy (non-hydrogen) atoms. The largest absolute Gasteiger partial charge is 0.462 e. The van der Waals surface area contributed by atoms with Crippen LogP contribution in [0.5, 0.6) is 0 Å². The Morgan fingerprint density at radius 1 is 0.323 bits per heavy atom. The van der Waals surface area contributed by atoms with E-state index in [1.165, 1.54) is 141 Å². The van der Waals surface area contributed by atoms with Crippen molar-refractivity contribution in [2.24, 2.45) is 0 Å². The minimum Gasteiger partial charge on any atom is -0.462 e. The van der Waals surface area contributed by atoms with Gasteiger partial charge in [0.1, 0.15) is 13.2 Å². The summed E-state index contributed by atoms with van der Waals surface area (Å²) in [6, 6.07) is 0. The van der Waals surface area contributed by atoms with Crippen LogP contribution in [-0.4, -0.2) is 37.2 Å². The van der Waals surface area contributed by atoms with Crippen LogP contribution in [0.4, 0.5) is 0 Å². The molecule has 0 saturated heterocycles. The van der Waals surface area contributed by atoms with Crippen molar-refractivity contribution in [2.75, 3.05) is 13.2 Å². The molecule has 0 aromatic heterocycles. The summed E-state index contributed by atoms with van der Waals surface area (Å²) in [6.45, 7) is 6.53. The van der Waals surface area contributed by atoms with E-state index in [0.717, 1.165) is 70.6 Å². The molecule has 0 bridgehead atoms. The highest BCUT2D eigenvalue weighted by atomic mass is 16.6. The SMILES string of the molecule is CCCC/C=C\CCCCCCCC(=O)OC[C@H](COC(=O)CCC/C=C\C/C=C\C/C=C\C/C=C\CCCCC)OC(=O)CCCCCCCCCCCCCCCCCC. The molecule has 6 nitrogen and oxygen atoms in total. The zero-order valence-corrected chi connectivity index (χ0v) is 40.9. The van der Waals surface area contributed by atoms with Crippen molar-refractivity contribution in [3.63, 3.8) is 0 Å².